The van der Waals surface area contributed by atoms with Gasteiger partial charge in [-0.25, -0.2) is 0 Å². The first-order valence-corrected chi connectivity index (χ1v) is 6.69. The molecule has 1 aliphatic rings. The van der Waals surface area contributed by atoms with Crippen molar-refractivity contribution in [2.45, 2.75) is 44.7 Å². The van der Waals surface area contributed by atoms with Gasteiger partial charge in [0.25, 0.3) is 0 Å². The minimum Gasteiger partial charge on any atom is -0.481 e. The lowest BCUT2D eigenvalue weighted by atomic mass is 10.0. The summed E-state index contributed by atoms with van der Waals surface area (Å²) >= 11 is 0. The number of carboxylic acid groups (broad SMARTS) is 1. The number of hydrogen-bond acceptors (Lipinski definition) is 2. The number of nitrogens with one attached hydrogen (secondary N) is 1. The van der Waals surface area contributed by atoms with E-state index < -0.39 is 5.97 Å². The van der Waals surface area contributed by atoms with Crippen LogP contribution in [0.1, 0.15) is 44.2 Å². The second kappa shape index (κ2) is 6.01. The molecule has 0 heterocycles. The lowest BCUT2D eigenvalue weighted by Crippen LogP contribution is -2.32. The van der Waals surface area contributed by atoms with Crippen LogP contribution in [-0.4, -0.2) is 17.1 Å². The van der Waals surface area contributed by atoms with Crippen molar-refractivity contribution >= 4 is 5.97 Å². The third-order valence-corrected chi connectivity index (χ3v) is 3.51. The molecule has 1 aliphatic carbocycles. The van der Waals surface area contributed by atoms with Gasteiger partial charge in [0.05, 0.1) is 0 Å². The molecule has 0 aromatic heterocycles. The zero-order valence-electron chi connectivity index (χ0n) is 10.8. The van der Waals surface area contributed by atoms with Gasteiger partial charge in [0.1, 0.15) is 0 Å². The average Bonchev–Trinajstić information content (AvgIpc) is 3.19. The molecule has 0 aliphatic heterocycles. The van der Waals surface area contributed by atoms with Crippen molar-refractivity contribution in [3.05, 3.63) is 35.9 Å². The normalized spacial score (nSPS) is 18.3. The topological polar surface area (TPSA) is 49.3 Å². The standard InChI is InChI=1S/C15H21NO2/c1-11(7-10-14(17)18)16-15(13-8-9-13)12-5-3-2-4-6-12/h2-6,11,13,15-16H,7-10H2,1H3,(H,17,18). The lowest BCUT2D eigenvalue weighted by molar-refractivity contribution is -0.137. The highest BCUT2D eigenvalue weighted by molar-refractivity contribution is 5.66. The molecule has 2 N–H and O–H groups in total. The van der Waals surface area contributed by atoms with Crippen LogP contribution in [0.2, 0.25) is 0 Å². The van der Waals surface area contributed by atoms with E-state index in [0.717, 1.165) is 5.92 Å². The smallest absolute Gasteiger partial charge is 0.303 e. The fourth-order valence-corrected chi connectivity index (χ4v) is 2.32. The highest BCUT2D eigenvalue weighted by Gasteiger charge is 2.32. The van der Waals surface area contributed by atoms with Gasteiger partial charge >= 0.3 is 5.97 Å². The lowest BCUT2D eigenvalue weighted by Gasteiger charge is -2.23. The number of benzene rings is 1. The van der Waals surface area contributed by atoms with Crippen molar-refractivity contribution < 1.29 is 9.90 Å². The van der Waals surface area contributed by atoms with Crippen LogP contribution in [0.3, 0.4) is 0 Å². The monoisotopic (exact) mass is 247 g/mol. The summed E-state index contributed by atoms with van der Waals surface area (Å²) in [5.41, 5.74) is 1.32. The Morgan fingerprint density at radius 2 is 2.06 bits per heavy atom. The fraction of sp³-hybridized carbons (Fsp3) is 0.533. The van der Waals surface area contributed by atoms with E-state index in [2.05, 4.69) is 36.5 Å². The molecule has 0 bridgehead atoms. The van der Waals surface area contributed by atoms with Gasteiger partial charge in [-0.2, -0.15) is 0 Å². The first kappa shape index (κ1) is 13.1. The second-order valence-corrected chi connectivity index (χ2v) is 5.23. The quantitative estimate of drug-likeness (QED) is 0.778. The molecule has 0 spiro atoms. The van der Waals surface area contributed by atoms with Gasteiger partial charge in [0.15, 0.2) is 0 Å². The molecule has 1 saturated carbocycles. The van der Waals surface area contributed by atoms with E-state index in [-0.39, 0.29) is 12.5 Å². The van der Waals surface area contributed by atoms with Crippen LogP contribution in [-0.2, 0) is 4.79 Å². The second-order valence-electron chi connectivity index (χ2n) is 5.23. The maximum Gasteiger partial charge on any atom is 0.303 e. The Hall–Kier alpha value is -1.35. The third kappa shape index (κ3) is 3.84. The zero-order chi connectivity index (χ0) is 13.0. The molecule has 2 atom stereocenters. The fourth-order valence-electron chi connectivity index (χ4n) is 2.32. The largest absolute Gasteiger partial charge is 0.481 e. The maximum absolute atomic E-state index is 10.6. The first-order valence-electron chi connectivity index (χ1n) is 6.69. The van der Waals surface area contributed by atoms with Gasteiger partial charge in [-0.1, -0.05) is 30.3 Å². The van der Waals surface area contributed by atoms with Gasteiger partial charge in [0, 0.05) is 18.5 Å². The molecule has 0 amide bonds. The molecule has 1 aromatic rings. The van der Waals surface area contributed by atoms with Crippen LogP contribution in [0, 0.1) is 5.92 Å². The number of hydrogen-bond donors (Lipinski definition) is 2. The molecular formula is C15H21NO2. The number of carboxylic acids is 1. The van der Waals surface area contributed by atoms with Crippen LogP contribution in [0.5, 0.6) is 0 Å². The van der Waals surface area contributed by atoms with E-state index in [4.69, 9.17) is 5.11 Å². The van der Waals surface area contributed by atoms with E-state index in [0.29, 0.717) is 12.5 Å². The Kier molecular flexibility index (Phi) is 4.37. The van der Waals surface area contributed by atoms with Crippen molar-refractivity contribution in [2.75, 3.05) is 0 Å². The summed E-state index contributed by atoms with van der Waals surface area (Å²) in [5.74, 6) is 0.00557. The highest BCUT2D eigenvalue weighted by atomic mass is 16.4. The Balaban J connectivity index is 1.93. The highest BCUT2D eigenvalue weighted by Crippen LogP contribution is 2.41. The van der Waals surface area contributed by atoms with Gasteiger partial charge in [-0.05, 0) is 37.7 Å². The molecule has 0 saturated heterocycles. The first-order chi connectivity index (χ1) is 8.66. The van der Waals surface area contributed by atoms with Crippen molar-refractivity contribution in [1.82, 2.24) is 5.32 Å². The third-order valence-electron chi connectivity index (χ3n) is 3.51. The van der Waals surface area contributed by atoms with E-state index in [9.17, 15) is 4.79 Å². The van der Waals surface area contributed by atoms with Crippen LogP contribution in [0.4, 0.5) is 0 Å². The predicted octanol–water partition coefficient (Wildman–Crippen LogP) is 2.98. The summed E-state index contributed by atoms with van der Waals surface area (Å²) in [6, 6.07) is 11.1. The maximum atomic E-state index is 10.6. The van der Waals surface area contributed by atoms with Crippen LogP contribution in [0.25, 0.3) is 0 Å². The summed E-state index contributed by atoms with van der Waals surface area (Å²) in [7, 11) is 0. The van der Waals surface area contributed by atoms with Crippen molar-refractivity contribution in [1.29, 1.82) is 0 Å². The van der Waals surface area contributed by atoms with E-state index in [1.54, 1.807) is 0 Å². The molecule has 1 aromatic carbocycles. The SMILES string of the molecule is CC(CCC(=O)O)NC(c1ccccc1)C1CC1. The van der Waals surface area contributed by atoms with Gasteiger partial charge in [-0.3, -0.25) is 4.79 Å². The summed E-state index contributed by atoms with van der Waals surface area (Å²) in [6.07, 6.45) is 3.47. The molecular weight excluding hydrogens is 226 g/mol. The van der Waals surface area contributed by atoms with E-state index >= 15 is 0 Å². The molecule has 0 radical (unpaired) electrons. The number of rotatable bonds is 7. The average molecular weight is 247 g/mol. The Morgan fingerprint density at radius 1 is 1.39 bits per heavy atom. The molecule has 1 fully saturated rings. The zero-order valence-corrected chi connectivity index (χ0v) is 10.8. The van der Waals surface area contributed by atoms with Crippen molar-refractivity contribution in [3.63, 3.8) is 0 Å². The summed E-state index contributed by atoms with van der Waals surface area (Å²) in [4.78, 5) is 10.6. The molecule has 2 rings (SSSR count). The summed E-state index contributed by atoms with van der Waals surface area (Å²) in [5, 5.41) is 12.3. The number of aliphatic carboxylic acids is 1. The van der Waals surface area contributed by atoms with Gasteiger partial charge in [0.2, 0.25) is 0 Å². The molecule has 3 heteroatoms. The Morgan fingerprint density at radius 3 is 2.61 bits per heavy atom. The van der Waals surface area contributed by atoms with E-state index in [1.165, 1.54) is 18.4 Å². The van der Waals surface area contributed by atoms with Crippen molar-refractivity contribution in [2.24, 2.45) is 5.92 Å². The van der Waals surface area contributed by atoms with Crippen LogP contribution >= 0.6 is 0 Å². The molecule has 3 nitrogen and oxygen atoms in total. The Bertz CT molecular complexity index is 387. The summed E-state index contributed by atoms with van der Waals surface area (Å²) in [6.45, 7) is 2.07. The van der Waals surface area contributed by atoms with Gasteiger partial charge in [-0.15, -0.1) is 0 Å². The predicted molar refractivity (Wildman–Crippen MR) is 71.4 cm³/mol. The molecule has 2 unspecified atom stereocenters. The van der Waals surface area contributed by atoms with Gasteiger partial charge < -0.3 is 10.4 Å². The number of carbonyl (C=O) groups is 1. The Labute approximate surface area is 108 Å². The minimum absolute atomic E-state index is 0.236. The van der Waals surface area contributed by atoms with Crippen LogP contribution < -0.4 is 5.32 Å². The van der Waals surface area contributed by atoms with E-state index in [1.807, 2.05) is 6.07 Å². The molecule has 98 valence electrons. The van der Waals surface area contributed by atoms with Crippen LogP contribution in [0.15, 0.2) is 30.3 Å². The van der Waals surface area contributed by atoms with Crippen molar-refractivity contribution in [3.8, 4) is 0 Å². The minimum atomic E-state index is -0.716. The summed E-state index contributed by atoms with van der Waals surface area (Å²) < 4.78 is 0. The molecule has 18 heavy (non-hydrogen) atoms.